The molecule has 4 nitrogen and oxygen atoms in total. The van der Waals surface area contributed by atoms with Crippen molar-refractivity contribution >= 4 is 5.97 Å². The molecule has 0 saturated carbocycles. The summed E-state index contributed by atoms with van der Waals surface area (Å²) in [6.45, 7) is 7.21. The molecule has 124 valence electrons. The number of hydrogen-bond acceptors (Lipinski definition) is 3. The molecule has 0 aromatic heterocycles. The van der Waals surface area contributed by atoms with E-state index in [0.717, 1.165) is 13.1 Å². The molecule has 1 fully saturated rings. The van der Waals surface area contributed by atoms with E-state index in [-0.39, 0.29) is 12.0 Å². The van der Waals surface area contributed by atoms with Gasteiger partial charge in [0.1, 0.15) is 0 Å². The molecule has 4 heteroatoms. The van der Waals surface area contributed by atoms with Crippen LogP contribution in [0.2, 0.25) is 0 Å². The van der Waals surface area contributed by atoms with E-state index in [9.17, 15) is 9.90 Å². The normalized spacial score (nSPS) is 22.0. The Morgan fingerprint density at radius 2 is 1.67 bits per heavy atom. The van der Waals surface area contributed by atoms with Gasteiger partial charge in [-0.3, -0.25) is 9.69 Å². The van der Waals surface area contributed by atoms with Crippen LogP contribution in [0.5, 0.6) is 0 Å². The van der Waals surface area contributed by atoms with Gasteiger partial charge in [0.15, 0.2) is 0 Å². The summed E-state index contributed by atoms with van der Waals surface area (Å²) in [5.74, 6) is -1.06. The molecule has 1 aliphatic heterocycles. The van der Waals surface area contributed by atoms with E-state index < -0.39 is 5.97 Å². The Labute approximate surface area is 129 Å². The van der Waals surface area contributed by atoms with Crippen molar-refractivity contribution in [1.82, 2.24) is 4.90 Å². The van der Waals surface area contributed by atoms with Crippen LogP contribution in [0.3, 0.4) is 0 Å². The molecule has 0 aromatic carbocycles. The minimum absolute atomic E-state index is 0.0667. The average Bonchev–Trinajstić information content (AvgIpc) is 2.95. The highest BCUT2D eigenvalue weighted by Crippen LogP contribution is 2.20. The van der Waals surface area contributed by atoms with Crippen LogP contribution in [0.4, 0.5) is 0 Å². The number of unbranched alkanes of at least 4 members (excludes halogenated alkanes) is 7. The second kappa shape index (κ2) is 11.0. The maximum atomic E-state index is 11.2. The van der Waals surface area contributed by atoms with Gasteiger partial charge in [-0.2, -0.15) is 0 Å². The van der Waals surface area contributed by atoms with Crippen molar-refractivity contribution in [2.75, 3.05) is 26.3 Å². The summed E-state index contributed by atoms with van der Waals surface area (Å²) in [5, 5.41) is 9.23. The minimum atomic E-state index is -0.716. The van der Waals surface area contributed by atoms with Crippen molar-refractivity contribution in [1.29, 1.82) is 0 Å². The van der Waals surface area contributed by atoms with Crippen LogP contribution in [0.1, 0.15) is 65.2 Å². The van der Waals surface area contributed by atoms with Crippen LogP contribution in [0.25, 0.3) is 0 Å². The Morgan fingerprint density at radius 3 is 2.24 bits per heavy atom. The number of carbonyl (C=O) groups is 1. The van der Waals surface area contributed by atoms with Gasteiger partial charge in [-0.05, 0) is 19.5 Å². The molecule has 0 bridgehead atoms. The van der Waals surface area contributed by atoms with E-state index in [1.807, 2.05) is 0 Å². The van der Waals surface area contributed by atoms with Crippen molar-refractivity contribution < 1.29 is 14.6 Å². The number of rotatable bonds is 12. The molecule has 1 N–H and O–H groups in total. The molecule has 0 radical (unpaired) electrons. The Balaban J connectivity index is 2.15. The lowest BCUT2D eigenvalue weighted by Crippen LogP contribution is -2.43. The molecule has 2 atom stereocenters. The van der Waals surface area contributed by atoms with Gasteiger partial charge in [0, 0.05) is 6.04 Å². The molecule has 21 heavy (non-hydrogen) atoms. The first-order valence-electron chi connectivity index (χ1n) is 8.75. The fraction of sp³-hybridized carbons (Fsp3) is 0.941. The Kier molecular flexibility index (Phi) is 9.68. The van der Waals surface area contributed by atoms with Crippen LogP contribution in [0, 0.1) is 5.92 Å². The first kappa shape index (κ1) is 18.4. The number of ether oxygens (including phenoxy) is 1. The molecule has 1 rings (SSSR count). The molecule has 0 amide bonds. The Hall–Kier alpha value is -0.610. The Morgan fingerprint density at radius 1 is 1.05 bits per heavy atom. The number of carboxylic acid groups (broad SMARTS) is 1. The number of aliphatic carboxylic acids is 1. The van der Waals surface area contributed by atoms with Gasteiger partial charge in [0.25, 0.3) is 0 Å². The smallest absolute Gasteiger partial charge is 0.310 e. The quantitative estimate of drug-likeness (QED) is 0.560. The predicted octanol–water partition coefficient (Wildman–Crippen LogP) is 3.55. The molecule has 0 aliphatic carbocycles. The van der Waals surface area contributed by atoms with E-state index in [4.69, 9.17) is 4.74 Å². The summed E-state index contributed by atoms with van der Waals surface area (Å²) in [4.78, 5) is 13.5. The lowest BCUT2D eigenvalue weighted by Gasteiger charge is -2.29. The van der Waals surface area contributed by atoms with Crippen LogP contribution < -0.4 is 0 Å². The summed E-state index contributed by atoms with van der Waals surface area (Å²) in [5.41, 5.74) is 0. The highest BCUT2D eigenvalue weighted by molar-refractivity contribution is 5.71. The van der Waals surface area contributed by atoms with Crippen LogP contribution in [-0.4, -0.2) is 48.3 Å². The van der Waals surface area contributed by atoms with Crippen molar-refractivity contribution in [2.45, 2.75) is 71.3 Å². The lowest BCUT2D eigenvalue weighted by atomic mass is 10.0. The third-order valence-corrected chi connectivity index (χ3v) is 4.54. The fourth-order valence-electron chi connectivity index (χ4n) is 3.15. The summed E-state index contributed by atoms with van der Waals surface area (Å²) >= 11 is 0. The van der Waals surface area contributed by atoms with E-state index in [1.54, 1.807) is 0 Å². The Bertz CT molecular complexity index is 283. The number of nitrogens with zero attached hydrogens (tertiary/aromatic N) is 1. The summed E-state index contributed by atoms with van der Waals surface area (Å²) in [6, 6.07) is 0.0667. The average molecular weight is 299 g/mol. The van der Waals surface area contributed by atoms with Gasteiger partial charge < -0.3 is 9.84 Å². The van der Waals surface area contributed by atoms with Crippen LogP contribution in [-0.2, 0) is 9.53 Å². The molecule has 2 unspecified atom stereocenters. The zero-order valence-electron chi connectivity index (χ0n) is 13.9. The first-order chi connectivity index (χ1) is 10.2. The molecule has 0 aromatic rings. The van der Waals surface area contributed by atoms with Gasteiger partial charge in [-0.25, -0.2) is 0 Å². The lowest BCUT2D eigenvalue weighted by molar-refractivity contribution is -0.143. The monoisotopic (exact) mass is 299 g/mol. The van der Waals surface area contributed by atoms with E-state index in [0.29, 0.717) is 13.2 Å². The second-order valence-corrected chi connectivity index (χ2v) is 6.15. The van der Waals surface area contributed by atoms with Crippen molar-refractivity contribution in [2.24, 2.45) is 5.92 Å². The highest BCUT2D eigenvalue weighted by Gasteiger charge is 2.37. The van der Waals surface area contributed by atoms with Crippen LogP contribution in [0.15, 0.2) is 0 Å². The van der Waals surface area contributed by atoms with Gasteiger partial charge in [-0.1, -0.05) is 58.8 Å². The standard InChI is InChI=1S/C17H33NO3/c1-3-5-6-7-8-9-10-11-12-18(4-2)16-14-21-13-15(16)17(19)20/h15-16H,3-14H2,1-2H3,(H,19,20). The SMILES string of the molecule is CCCCCCCCCCN(CC)C1COCC1C(=O)O. The van der Waals surface area contributed by atoms with Crippen molar-refractivity contribution in [3.8, 4) is 0 Å². The second-order valence-electron chi connectivity index (χ2n) is 6.15. The van der Waals surface area contributed by atoms with E-state index in [1.165, 1.54) is 51.4 Å². The summed E-state index contributed by atoms with van der Waals surface area (Å²) < 4.78 is 5.37. The van der Waals surface area contributed by atoms with Gasteiger partial charge in [0.2, 0.25) is 0 Å². The predicted molar refractivity (Wildman–Crippen MR) is 85.6 cm³/mol. The summed E-state index contributed by atoms with van der Waals surface area (Å²) in [6.07, 6.45) is 10.5. The molecule has 1 aliphatic rings. The highest BCUT2D eigenvalue weighted by atomic mass is 16.5. The van der Waals surface area contributed by atoms with E-state index in [2.05, 4.69) is 18.7 Å². The topological polar surface area (TPSA) is 49.8 Å². The van der Waals surface area contributed by atoms with E-state index >= 15 is 0 Å². The van der Waals surface area contributed by atoms with Gasteiger partial charge in [-0.15, -0.1) is 0 Å². The number of carboxylic acids is 1. The maximum Gasteiger partial charge on any atom is 0.310 e. The minimum Gasteiger partial charge on any atom is -0.481 e. The number of likely N-dealkylation sites (N-methyl/N-ethyl adjacent to an activating group) is 1. The summed E-state index contributed by atoms with van der Waals surface area (Å²) in [7, 11) is 0. The zero-order chi connectivity index (χ0) is 15.5. The fourth-order valence-corrected chi connectivity index (χ4v) is 3.15. The van der Waals surface area contributed by atoms with Crippen molar-refractivity contribution in [3.63, 3.8) is 0 Å². The molecular formula is C17H33NO3. The molecule has 0 spiro atoms. The largest absolute Gasteiger partial charge is 0.481 e. The molecular weight excluding hydrogens is 266 g/mol. The zero-order valence-corrected chi connectivity index (χ0v) is 13.9. The third-order valence-electron chi connectivity index (χ3n) is 4.54. The van der Waals surface area contributed by atoms with Gasteiger partial charge >= 0.3 is 5.97 Å². The first-order valence-corrected chi connectivity index (χ1v) is 8.75. The number of hydrogen-bond donors (Lipinski definition) is 1. The van der Waals surface area contributed by atoms with Crippen molar-refractivity contribution in [3.05, 3.63) is 0 Å². The van der Waals surface area contributed by atoms with Gasteiger partial charge in [0.05, 0.1) is 19.1 Å². The molecule has 1 heterocycles. The molecule has 1 saturated heterocycles. The van der Waals surface area contributed by atoms with Crippen LogP contribution >= 0.6 is 0 Å². The maximum absolute atomic E-state index is 11.2. The third kappa shape index (κ3) is 6.79.